The summed E-state index contributed by atoms with van der Waals surface area (Å²) in [7, 11) is 0. The van der Waals surface area contributed by atoms with Crippen molar-refractivity contribution in [3.8, 4) is 0 Å². The van der Waals surface area contributed by atoms with Crippen LogP contribution < -0.4 is 0 Å². The van der Waals surface area contributed by atoms with Gasteiger partial charge in [0.05, 0.1) is 29.3 Å². The summed E-state index contributed by atoms with van der Waals surface area (Å²) in [5, 5.41) is 15.2. The largest absolute Gasteiger partial charge is 0.387 e. The number of benzene rings is 1. The molecule has 6 nitrogen and oxygen atoms in total. The van der Waals surface area contributed by atoms with E-state index in [1.54, 1.807) is 4.90 Å². The van der Waals surface area contributed by atoms with Gasteiger partial charge in [-0.15, -0.1) is 0 Å². The van der Waals surface area contributed by atoms with Crippen molar-refractivity contribution in [3.63, 3.8) is 0 Å². The minimum absolute atomic E-state index is 0.0737. The molecule has 0 radical (unpaired) electrons. The van der Waals surface area contributed by atoms with Crippen LogP contribution in [-0.4, -0.2) is 32.6 Å². The Balaban J connectivity index is 1.63. The summed E-state index contributed by atoms with van der Waals surface area (Å²) >= 11 is 0. The van der Waals surface area contributed by atoms with Crippen LogP contribution in [0, 0.1) is 6.92 Å². The normalized spacial score (nSPS) is 18.8. The molecule has 0 saturated carbocycles. The first-order chi connectivity index (χ1) is 12.6. The lowest BCUT2D eigenvalue weighted by atomic mass is 9.95. The highest BCUT2D eigenvalue weighted by molar-refractivity contribution is 6.07. The zero-order chi connectivity index (χ0) is 17.8. The van der Waals surface area contributed by atoms with Gasteiger partial charge in [0.1, 0.15) is 0 Å². The molecule has 0 unspecified atom stereocenters. The summed E-state index contributed by atoms with van der Waals surface area (Å²) in [5.41, 5.74) is 5.63. The number of hydrogen-bond donors (Lipinski definition) is 1. The fraction of sp³-hybridized carbons (Fsp3) is 0.350. The van der Waals surface area contributed by atoms with E-state index in [1.165, 1.54) is 0 Å². The zero-order valence-corrected chi connectivity index (χ0v) is 14.5. The molecule has 0 fully saturated rings. The third-order valence-electron chi connectivity index (χ3n) is 5.49. The molecule has 0 spiro atoms. The molecule has 6 heteroatoms. The third kappa shape index (κ3) is 2.18. The number of aryl methyl sites for hydroxylation is 2. The Morgan fingerprint density at radius 2 is 2.15 bits per heavy atom. The van der Waals surface area contributed by atoms with Gasteiger partial charge >= 0.3 is 0 Å². The van der Waals surface area contributed by atoms with Crippen LogP contribution >= 0.6 is 0 Å². The highest BCUT2D eigenvalue weighted by Gasteiger charge is 2.33. The quantitative estimate of drug-likeness (QED) is 0.731. The molecule has 5 rings (SSSR count). The maximum atomic E-state index is 13.5. The summed E-state index contributed by atoms with van der Waals surface area (Å²) in [6.45, 7) is 2.62. The van der Waals surface area contributed by atoms with Crippen molar-refractivity contribution in [2.75, 3.05) is 6.54 Å². The Morgan fingerprint density at radius 1 is 1.31 bits per heavy atom. The summed E-state index contributed by atoms with van der Waals surface area (Å²) < 4.78 is 5.35. The smallest absolute Gasteiger partial charge is 0.259 e. The molecule has 1 aliphatic carbocycles. The molecule has 1 amide bonds. The summed E-state index contributed by atoms with van der Waals surface area (Å²) in [6, 6.07) is 7.74. The molecule has 1 atom stereocenters. The SMILES string of the molecule is Cc1noc2nc3c(c(C(=O)N4Cc5ccccc5[C@H](O)C4)c12)CCC3. The molecular formula is C20H19N3O3. The zero-order valence-electron chi connectivity index (χ0n) is 14.5. The maximum Gasteiger partial charge on any atom is 0.259 e. The number of rotatable bonds is 1. The second-order valence-corrected chi connectivity index (χ2v) is 7.11. The van der Waals surface area contributed by atoms with Crippen molar-refractivity contribution in [1.82, 2.24) is 15.0 Å². The highest BCUT2D eigenvalue weighted by Crippen LogP contribution is 2.34. The average molecular weight is 349 g/mol. The highest BCUT2D eigenvalue weighted by atomic mass is 16.5. The van der Waals surface area contributed by atoms with Gasteiger partial charge in [0.15, 0.2) is 0 Å². The number of carbonyl (C=O) groups excluding carboxylic acids is 1. The molecule has 3 aromatic rings. The van der Waals surface area contributed by atoms with E-state index in [9.17, 15) is 9.90 Å². The van der Waals surface area contributed by atoms with Gasteiger partial charge in [-0.3, -0.25) is 4.79 Å². The fourth-order valence-electron chi connectivity index (χ4n) is 4.25. The second kappa shape index (κ2) is 5.64. The Kier molecular flexibility index (Phi) is 3.37. The summed E-state index contributed by atoms with van der Waals surface area (Å²) in [5.74, 6) is -0.0737. The van der Waals surface area contributed by atoms with Crippen molar-refractivity contribution >= 4 is 17.0 Å². The minimum atomic E-state index is -0.669. The Hall–Kier alpha value is -2.73. The fourth-order valence-corrected chi connectivity index (χ4v) is 4.25. The molecule has 1 aromatic carbocycles. The van der Waals surface area contributed by atoms with Crippen LogP contribution in [0.25, 0.3) is 11.1 Å². The van der Waals surface area contributed by atoms with Crippen molar-refractivity contribution < 1.29 is 14.4 Å². The van der Waals surface area contributed by atoms with Crippen LogP contribution in [0.1, 0.15) is 51.0 Å². The van der Waals surface area contributed by atoms with Gasteiger partial charge in [0.25, 0.3) is 11.6 Å². The van der Waals surface area contributed by atoms with Gasteiger partial charge < -0.3 is 14.5 Å². The van der Waals surface area contributed by atoms with E-state index in [0.29, 0.717) is 35.4 Å². The van der Waals surface area contributed by atoms with Crippen LogP contribution in [0.15, 0.2) is 28.8 Å². The first-order valence-electron chi connectivity index (χ1n) is 8.96. The maximum absolute atomic E-state index is 13.5. The van der Waals surface area contributed by atoms with Gasteiger partial charge in [-0.2, -0.15) is 0 Å². The number of aliphatic hydroxyl groups is 1. The molecule has 132 valence electrons. The lowest BCUT2D eigenvalue weighted by Gasteiger charge is -2.32. The van der Waals surface area contributed by atoms with Crippen LogP contribution in [0.3, 0.4) is 0 Å². The van der Waals surface area contributed by atoms with E-state index in [1.807, 2.05) is 31.2 Å². The van der Waals surface area contributed by atoms with E-state index < -0.39 is 6.10 Å². The Morgan fingerprint density at radius 3 is 3.04 bits per heavy atom. The molecule has 2 aromatic heterocycles. The molecule has 3 heterocycles. The Bertz CT molecular complexity index is 1040. The van der Waals surface area contributed by atoms with Crippen LogP contribution in [0.5, 0.6) is 0 Å². The number of nitrogens with zero attached hydrogens (tertiary/aromatic N) is 3. The van der Waals surface area contributed by atoms with Gasteiger partial charge in [0.2, 0.25) is 0 Å². The molecule has 1 aliphatic heterocycles. The van der Waals surface area contributed by atoms with Crippen molar-refractivity contribution in [3.05, 3.63) is 57.9 Å². The first kappa shape index (κ1) is 15.5. The van der Waals surface area contributed by atoms with Gasteiger partial charge in [-0.25, -0.2) is 4.98 Å². The molecule has 0 saturated heterocycles. The number of aromatic nitrogens is 2. The van der Waals surface area contributed by atoms with E-state index >= 15 is 0 Å². The number of amides is 1. The van der Waals surface area contributed by atoms with E-state index in [-0.39, 0.29) is 5.91 Å². The number of fused-ring (bicyclic) bond motifs is 3. The topological polar surface area (TPSA) is 79.5 Å². The number of hydrogen-bond acceptors (Lipinski definition) is 5. The lowest BCUT2D eigenvalue weighted by molar-refractivity contribution is 0.0550. The lowest BCUT2D eigenvalue weighted by Crippen LogP contribution is -2.38. The second-order valence-electron chi connectivity index (χ2n) is 7.11. The Labute approximate surface area is 150 Å². The number of aliphatic hydroxyl groups excluding tert-OH is 1. The predicted octanol–water partition coefficient (Wildman–Crippen LogP) is 2.71. The van der Waals surface area contributed by atoms with Gasteiger partial charge in [0, 0.05) is 12.2 Å². The van der Waals surface area contributed by atoms with Gasteiger partial charge in [-0.1, -0.05) is 29.4 Å². The standard InChI is InChI=1S/C20H19N3O3/c1-11-17-18(14-7-4-8-15(14)21-19(17)26-22-11)20(25)23-9-12-5-2-3-6-13(12)16(24)10-23/h2-3,5-6,16,24H,4,7-10H2,1H3/t16-/m1/s1. The minimum Gasteiger partial charge on any atom is -0.387 e. The number of carbonyl (C=O) groups is 1. The van der Waals surface area contributed by atoms with Gasteiger partial charge in [-0.05, 0) is 42.9 Å². The van der Waals surface area contributed by atoms with Crippen LogP contribution in [0.4, 0.5) is 0 Å². The summed E-state index contributed by atoms with van der Waals surface area (Å²) in [6.07, 6.45) is 2.03. The van der Waals surface area contributed by atoms with Crippen LogP contribution in [-0.2, 0) is 19.4 Å². The molecule has 0 bridgehead atoms. The van der Waals surface area contributed by atoms with Crippen LogP contribution in [0.2, 0.25) is 0 Å². The first-order valence-corrected chi connectivity index (χ1v) is 8.96. The summed E-state index contributed by atoms with van der Waals surface area (Å²) in [4.78, 5) is 19.8. The monoisotopic (exact) mass is 349 g/mol. The van der Waals surface area contributed by atoms with E-state index in [0.717, 1.165) is 41.6 Å². The molecule has 1 N–H and O–H groups in total. The third-order valence-corrected chi connectivity index (χ3v) is 5.49. The van der Waals surface area contributed by atoms with Crippen molar-refractivity contribution in [2.45, 2.75) is 38.8 Å². The van der Waals surface area contributed by atoms with E-state index in [2.05, 4.69) is 10.1 Å². The van der Waals surface area contributed by atoms with Crippen molar-refractivity contribution in [1.29, 1.82) is 0 Å². The number of pyridine rings is 1. The molecule has 2 aliphatic rings. The van der Waals surface area contributed by atoms with E-state index in [4.69, 9.17) is 4.52 Å². The molecule has 26 heavy (non-hydrogen) atoms. The number of β-amino-alcohol motifs (C(OH)–C–C–N with tert-alkyl or cyclic N) is 1. The average Bonchev–Trinajstić information content (AvgIpc) is 3.26. The molecular weight excluding hydrogens is 330 g/mol. The van der Waals surface area contributed by atoms with Crippen molar-refractivity contribution in [2.24, 2.45) is 0 Å². The predicted molar refractivity (Wildman–Crippen MR) is 94.7 cm³/mol.